The van der Waals surface area contributed by atoms with E-state index in [0.717, 1.165) is 5.56 Å². The lowest BCUT2D eigenvalue weighted by Crippen LogP contribution is -2.25. The van der Waals surface area contributed by atoms with E-state index in [4.69, 9.17) is 11.6 Å². The normalized spacial score (nSPS) is 11.4. The van der Waals surface area contributed by atoms with Crippen LogP contribution in [0.25, 0.3) is 0 Å². The maximum Gasteiger partial charge on any atom is 0.259 e. The Morgan fingerprint density at radius 1 is 1.11 bits per heavy atom. The van der Waals surface area contributed by atoms with Gasteiger partial charge >= 0.3 is 0 Å². The number of amides is 1. The zero-order valence-electron chi connectivity index (χ0n) is 14.8. The Morgan fingerprint density at radius 3 is 2.54 bits per heavy atom. The predicted molar refractivity (Wildman–Crippen MR) is 109 cm³/mol. The van der Waals surface area contributed by atoms with E-state index in [1.165, 1.54) is 11.3 Å². The van der Waals surface area contributed by atoms with Crippen molar-refractivity contribution in [2.45, 2.75) is 18.2 Å². The first kappa shape index (κ1) is 20.4. The van der Waals surface area contributed by atoms with Crippen LogP contribution >= 0.6 is 22.9 Å². The molecular weight excluding hydrogens is 420 g/mol. The number of hydrogen-bond donors (Lipinski definition) is 2. The van der Waals surface area contributed by atoms with Gasteiger partial charge in [0.2, 0.25) is 15.2 Å². The highest BCUT2D eigenvalue weighted by Gasteiger charge is 2.15. The van der Waals surface area contributed by atoms with E-state index in [1.54, 1.807) is 48.5 Å². The van der Waals surface area contributed by atoms with Crippen molar-refractivity contribution >= 4 is 44.0 Å². The molecule has 1 amide bonds. The topological polar surface area (TPSA) is 101 Å². The minimum atomic E-state index is -3.58. The van der Waals surface area contributed by atoms with E-state index in [2.05, 4.69) is 20.2 Å². The zero-order valence-corrected chi connectivity index (χ0v) is 17.2. The highest BCUT2D eigenvalue weighted by molar-refractivity contribution is 7.89. The standard InChI is InChI=1S/C18H17ClN4O3S2/c1-12-6-8-13(9-7-12)28(25,26)20-11-10-16-22-23-18(27-16)21-17(24)14-4-2-3-5-15(14)19/h2-9,20H,10-11H2,1H3,(H,21,23,24). The van der Waals surface area contributed by atoms with Crippen LogP contribution in [0.15, 0.2) is 53.4 Å². The van der Waals surface area contributed by atoms with Crippen LogP contribution in [0.4, 0.5) is 5.13 Å². The number of carbonyl (C=O) groups is 1. The number of anilines is 1. The van der Waals surface area contributed by atoms with Gasteiger partial charge in [-0.25, -0.2) is 13.1 Å². The molecule has 28 heavy (non-hydrogen) atoms. The van der Waals surface area contributed by atoms with Crippen molar-refractivity contribution in [2.24, 2.45) is 0 Å². The molecule has 0 unspecified atom stereocenters. The number of aryl methyl sites for hydroxylation is 1. The van der Waals surface area contributed by atoms with Crippen LogP contribution in [-0.2, 0) is 16.4 Å². The fourth-order valence-corrected chi connectivity index (χ4v) is 4.30. The molecule has 10 heteroatoms. The molecule has 7 nitrogen and oxygen atoms in total. The fourth-order valence-electron chi connectivity index (χ4n) is 2.31. The number of benzene rings is 2. The summed E-state index contributed by atoms with van der Waals surface area (Å²) in [5.74, 6) is -0.381. The number of sulfonamides is 1. The van der Waals surface area contributed by atoms with Gasteiger partial charge in [-0.1, -0.05) is 52.8 Å². The van der Waals surface area contributed by atoms with Crippen LogP contribution in [-0.4, -0.2) is 31.1 Å². The number of carbonyl (C=O) groups excluding carboxylic acids is 1. The number of hydrogen-bond acceptors (Lipinski definition) is 6. The monoisotopic (exact) mass is 436 g/mol. The second kappa shape index (κ2) is 8.78. The molecule has 2 N–H and O–H groups in total. The highest BCUT2D eigenvalue weighted by atomic mass is 35.5. The van der Waals surface area contributed by atoms with Gasteiger partial charge in [-0.05, 0) is 31.2 Å². The Balaban J connectivity index is 1.55. The van der Waals surface area contributed by atoms with Gasteiger partial charge in [-0.15, -0.1) is 10.2 Å². The Hall–Kier alpha value is -2.33. The first-order chi connectivity index (χ1) is 13.3. The van der Waals surface area contributed by atoms with E-state index < -0.39 is 10.0 Å². The van der Waals surface area contributed by atoms with Gasteiger partial charge in [0.1, 0.15) is 5.01 Å². The van der Waals surface area contributed by atoms with Crippen LogP contribution < -0.4 is 10.0 Å². The van der Waals surface area contributed by atoms with Crippen LogP contribution in [0.5, 0.6) is 0 Å². The Bertz CT molecular complexity index is 1080. The molecule has 0 aliphatic carbocycles. The quantitative estimate of drug-likeness (QED) is 0.591. The number of aromatic nitrogens is 2. The summed E-state index contributed by atoms with van der Waals surface area (Å²) in [6.07, 6.45) is 0.352. The van der Waals surface area contributed by atoms with Crippen molar-refractivity contribution in [3.05, 3.63) is 69.7 Å². The largest absolute Gasteiger partial charge is 0.296 e. The molecule has 0 bridgehead atoms. The molecule has 2 aromatic carbocycles. The van der Waals surface area contributed by atoms with E-state index in [0.29, 0.717) is 27.1 Å². The molecule has 0 aliphatic heterocycles. The van der Waals surface area contributed by atoms with Crippen LogP contribution in [0, 0.1) is 6.92 Å². The van der Waals surface area contributed by atoms with Gasteiger partial charge in [-0.2, -0.15) is 0 Å². The second-order valence-electron chi connectivity index (χ2n) is 5.90. The Kier molecular flexibility index (Phi) is 6.40. The van der Waals surface area contributed by atoms with Crippen molar-refractivity contribution in [3.63, 3.8) is 0 Å². The van der Waals surface area contributed by atoms with Gasteiger partial charge in [0.05, 0.1) is 15.5 Å². The summed E-state index contributed by atoms with van der Waals surface area (Å²) in [5, 5.41) is 11.8. The third kappa shape index (κ3) is 5.14. The summed E-state index contributed by atoms with van der Waals surface area (Å²) in [7, 11) is -3.58. The maximum atomic E-state index is 12.3. The SMILES string of the molecule is Cc1ccc(S(=O)(=O)NCCc2nnc(NC(=O)c3ccccc3Cl)s2)cc1. The van der Waals surface area contributed by atoms with Crippen LogP contribution in [0.1, 0.15) is 20.9 Å². The molecule has 0 atom stereocenters. The molecule has 0 saturated heterocycles. The summed E-state index contributed by atoms with van der Waals surface area (Å²) in [4.78, 5) is 12.4. The number of nitrogens with one attached hydrogen (secondary N) is 2. The fraction of sp³-hybridized carbons (Fsp3) is 0.167. The molecule has 146 valence electrons. The third-order valence-electron chi connectivity index (χ3n) is 3.77. The lowest BCUT2D eigenvalue weighted by Gasteiger charge is -2.05. The van der Waals surface area contributed by atoms with Crippen molar-refractivity contribution < 1.29 is 13.2 Å². The lowest BCUT2D eigenvalue weighted by atomic mass is 10.2. The second-order valence-corrected chi connectivity index (χ2v) is 9.13. The minimum absolute atomic E-state index is 0.170. The molecule has 1 aromatic heterocycles. The van der Waals surface area contributed by atoms with Crippen molar-refractivity contribution in [3.8, 4) is 0 Å². The number of rotatable bonds is 7. The molecule has 0 spiro atoms. The van der Waals surface area contributed by atoms with Crippen molar-refractivity contribution in [2.75, 3.05) is 11.9 Å². The summed E-state index contributed by atoms with van der Waals surface area (Å²) in [6, 6.07) is 13.3. The van der Waals surface area contributed by atoms with Crippen LogP contribution in [0.2, 0.25) is 5.02 Å². The molecule has 0 radical (unpaired) electrons. The molecule has 0 fully saturated rings. The lowest BCUT2D eigenvalue weighted by molar-refractivity contribution is 0.102. The van der Waals surface area contributed by atoms with E-state index in [1.807, 2.05) is 6.92 Å². The van der Waals surface area contributed by atoms with E-state index in [9.17, 15) is 13.2 Å². The molecule has 1 heterocycles. The van der Waals surface area contributed by atoms with Crippen molar-refractivity contribution in [1.29, 1.82) is 0 Å². The average Bonchev–Trinajstić information content (AvgIpc) is 3.09. The predicted octanol–water partition coefficient (Wildman–Crippen LogP) is 3.27. The Morgan fingerprint density at radius 2 is 1.82 bits per heavy atom. The zero-order chi connectivity index (χ0) is 20.1. The smallest absolute Gasteiger partial charge is 0.259 e. The first-order valence-corrected chi connectivity index (χ1v) is 11.0. The van der Waals surface area contributed by atoms with Crippen molar-refractivity contribution in [1.82, 2.24) is 14.9 Å². The maximum absolute atomic E-state index is 12.3. The highest BCUT2D eigenvalue weighted by Crippen LogP contribution is 2.20. The summed E-state index contributed by atoms with van der Waals surface area (Å²) >= 11 is 7.18. The first-order valence-electron chi connectivity index (χ1n) is 8.30. The number of nitrogens with zero attached hydrogens (tertiary/aromatic N) is 2. The summed E-state index contributed by atoms with van der Waals surface area (Å²) in [5.41, 5.74) is 1.32. The number of halogens is 1. The van der Waals surface area contributed by atoms with Gasteiger partial charge in [0, 0.05) is 13.0 Å². The van der Waals surface area contributed by atoms with Gasteiger partial charge in [0.15, 0.2) is 0 Å². The molecule has 0 saturated carbocycles. The molecule has 0 aliphatic rings. The van der Waals surface area contributed by atoms with Gasteiger partial charge in [0.25, 0.3) is 5.91 Å². The van der Waals surface area contributed by atoms with Crippen LogP contribution in [0.3, 0.4) is 0 Å². The Labute approximate surface area is 171 Å². The van der Waals surface area contributed by atoms with E-state index >= 15 is 0 Å². The molecule has 3 rings (SSSR count). The summed E-state index contributed by atoms with van der Waals surface area (Å²) < 4.78 is 27.1. The summed E-state index contributed by atoms with van der Waals surface area (Å²) in [6.45, 7) is 2.06. The third-order valence-corrected chi connectivity index (χ3v) is 6.47. The minimum Gasteiger partial charge on any atom is -0.296 e. The molecule has 3 aromatic rings. The average molecular weight is 437 g/mol. The van der Waals surface area contributed by atoms with E-state index in [-0.39, 0.29) is 17.3 Å². The molecular formula is C18H17ClN4O3S2. The van der Waals surface area contributed by atoms with Gasteiger partial charge in [-0.3, -0.25) is 10.1 Å². The van der Waals surface area contributed by atoms with Gasteiger partial charge < -0.3 is 0 Å².